The molecule has 1 atom stereocenters. The quantitative estimate of drug-likeness (QED) is 0.321. The highest BCUT2D eigenvalue weighted by Gasteiger charge is 2.16. The van der Waals surface area contributed by atoms with Gasteiger partial charge in [-0.05, 0) is 49.7 Å². The molecule has 11 heteroatoms. The van der Waals surface area contributed by atoms with Crippen molar-refractivity contribution < 1.29 is 33.5 Å². The zero-order valence-electron chi connectivity index (χ0n) is 17.5. The van der Waals surface area contributed by atoms with Crippen LogP contribution in [-0.2, 0) is 14.3 Å². The summed E-state index contributed by atoms with van der Waals surface area (Å²) in [4.78, 5) is 45.7. The highest BCUT2D eigenvalue weighted by molar-refractivity contribution is 5.89. The van der Waals surface area contributed by atoms with E-state index in [1.54, 1.807) is 0 Å². The van der Waals surface area contributed by atoms with Gasteiger partial charge in [-0.3, -0.25) is 30.6 Å². The van der Waals surface area contributed by atoms with Crippen LogP contribution in [0.1, 0.15) is 30.6 Å². The van der Waals surface area contributed by atoms with Crippen LogP contribution in [0, 0.1) is 10.1 Å². The van der Waals surface area contributed by atoms with Crippen molar-refractivity contribution >= 4 is 23.5 Å². The molecule has 0 aliphatic heterocycles. The van der Waals surface area contributed by atoms with Crippen LogP contribution in [0.15, 0.2) is 48.5 Å². The average molecular weight is 445 g/mol. The van der Waals surface area contributed by atoms with E-state index in [-0.39, 0.29) is 18.0 Å². The predicted octanol–water partition coefficient (Wildman–Crippen LogP) is 2.16. The Kier molecular flexibility index (Phi) is 8.96. The molecular weight excluding hydrogens is 422 g/mol. The van der Waals surface area contributed by atoms with E-state index in [1.165, 1.54) is 55.5 Å². The van der Waals surface area contributed by atoms with Crippen LogP contribution in [0.3, 0.4) is 0 Å². The second-order valence-corrected chi connectivity index (χ2v) is 6.50. The summed E-state index contributed by atoms with van der Waals surface area (Å²) in [6, 6.07) is 11.3. The lowest BCUT2D eigenvalue weighted by atomic mass is 10.2. The van der Waals surface area contributed by atoms with Crippen molar-refractivity contribution in [3.63, 3.8) is 0 Å². The molecule has 2 rings (SSSR count). The molecule has 32 heavy (non-hydrogen) atoms. The minimum Gasteiger partial charge on any atom is -0.484 e. The number of nitro benzene ring substituents is 1. The lowest BCUT2D eigenvalue weighted by Gasteiger charge is -2.15. The molecule has 2 aromatic carbocycles. The van der Waals surface area contributed by atoms with Gasteiger partial charge in [0.25, 0.3) is 17.5 Å². The molecule has 11 nitrogen and oxygen atoms in total. The molecule has 0 saturated heterocycles. The number of hydrogen-bond acceptors (Lipinski definition) is 8. The third kappa shape index (κ3) is 7.59. The number of rotatable bonds is 10. The number of esters is 1. The molecule has 0 saturated carbocycles. The van der Waals surface area contributed by atoms with Gasteiger partial charge < -0.3 is 14.2 Å². The van der Waals surface area contributed by atoms with Gasteiger partial charge in [0.15, 0.2) is 12.7 Å². The first kappa shape index (κ1) is 24.1. The lowest BCUT2D eigenvalue weighted by molar-refractivity contribution is -0.384. The summed E-state index contributed by atoms with van der Waals surface area (Å²) in [5.74, 6) is -1.08. The van der Waals surface area contributed by atoms with Crippen LogP contribution in [0.2, 0.25) is 0 Å². The van der Waals surface area contributed by atoms with Crippen LogP contribution >= 0.6 is 0 Å². The third-order valence-corrected chi connectivity index (χ3v) is 3.95. The number of nitro groups is 1. The van der Waals surface area contributed by atoms with Crippen molar-refractivity contribution in [2.24, 2.45) is 0 Å². The van der Waals surface area contributed by atoms with E-state index < -0.39 is 28.8 Å². The Morgan fingerprint density at radius 1 is 1.00 bits per heavy atom. The standard InChI is InChI=1S/C21H23N3O8/c1-3-12-30-21(27)15-4-8-17(9-5-15)31-13-19(25)22-23-20(26)14(2)32-18-10-6-16(7-11-18)24(28)29/h4-11,14H,3,12-13H2,1-2H3,(H,22,25)(H,23,26). The first-order chi connectivity index (χ1) is 15.3. The first-order valence-corrected chi connectivity index (χ1v) is 9.70. The maximum atomic E-state index is 12.0. The first-order valence-electron chi connectivity index (χ1n) is 9.70. The van der Waals surface area contributed by atoms with Crippen LogP contribution < -0.4 is 20.3 Å². The number of hydrazine groups is 1. The predicted molar refractivity (Wildman–Crippen MR) is 112 cm³/mol. The van der Waals surface area contributed by atoms with Crippen molar-refractivity contribution in [1.82, 2.24) is 10.9 Å². The van der Waals surface area contributed by atoms with Gasteiger partial charge in [-0.1, -0.05) is 6.92 Å². The number of ether oxygens (including phenoxy) is 3. The highest BCUT2D eigenvalue weighted by Crippen LogP contribution is 2.18. The van der Waals surface area contributed by atoms with E-state index in [4.69, 9.17) is 14.2 Å². The summed E-state index contributed by atoms with van der Waals surface area (Å²) in [6.07, 6.45) is -0.252. The van der Waals surface area contributed by atoms with Crippen molar-refractivity contribution in [2.45, 2.75) is 26.4 Å². The maximum absolute atomic E-state index is 12.0. The van der Waals surface area contributed by atoms with Crippen LogP contribution in [0.25, 0.3) is 0 Å². The fourth-order valence-corrected chi connectivity index (χ4v) is 2.29. The normalized spacial score (nSPS) is 11.1. The fraction of sp³-hybridized carbons (Fsp3) is 0.286. The minimum absolute atomic E-state index is 0.104. The van der Waals surface area contributed by atoms with E-state index in [9.17, 15) is 24.5 Å². The summed E-state index contributed by atoms with van der Waals surface area (Å²) in [7, 11) is 0. The molecule has 0 spiro atoms. The van der Waals surface area contributed by atoms with Gasteiger partial charge >= 0.3 is 5.97 Å². The van der Waals surface area contributed by atoms with Crippen molar-refractivity contribution in [2.75, 3.05) is 13.2 Å². The van der Waals surface area contributed by atoms with Crippen LogP contribution in [0.4, 0.5) is 5.69 Å². The van der Waals surface area contributed by atoms with Gasteiger partial charge in [-0.25, -0.2) is 4.79 Å². The molecule has 0 aliphatic rings. The second-order valence-electron chi connectivity index (χ2n) is 6.50. The number of carbonyl (C=O) groups excluding carboxylic acids is 3. The van der Waals surface area contributed by atoms with Crippen molar-refractivity contribution in [3.8, 4) is 11.5 Å². The van der Waals surface area contributed by atoms with E-state index in [0.29, 0.717) is 17.9 Å². The lowest BCUT2D eigenvalue weighted by Crippen LogP contribution is -2.48. The van der Waals surface area contributed by atoms with Gasteiger partial charge in [0.1, 0.15) is 11.5 Å². The van der Waals surface area contributed by atoms with E-state index in [0.717, 1.165) is 6.42 Å². The van der Waals surface area contributed by atoms with Gasteiger partial charge in [0.05, 0.1) is 17.1 Å². The molecule has 0 bridgehead atoms. The molecule has 2 amide bonds. The van der Waals surface area contributed by atoms with E-state index in [2.05, 4.69) is 10.9 Å². The topological polar surface area (TPSA) is 146 Å². The summed E-state index contributed by atoms with van der Waals surface area (Å²) >= 11 is 0. The van der Waals surface area contributed by atoms with Gasteiger partial charge in [0, 0.05) is 12.1 Å². The number of non-ortho nitro benzene ring substituents is 1. The number of carbonyl (C=O) groups is 3. The molecule has 0 aliphatic carbocycles. The summed E-state index contributed by atoms with van der Waals surface area (Å²) < 4.78 is 15.7. The zero-order valence-corrected chi connectivity index (χ0v) is 17.5. The monoisotopic (exact) mass is 445 g/mol. The molecule has 2 aromatic rings. The van der Waals surface area contributed by atoms with Crippen LogP contribution in [-0.4, -0.2) is 42.0 Å². The van der Waals surface area contributed by atoms with Crippen LogP contribution in [0.5, 0.6) is 11.5 Å². The summed E-state index contributed by atoms with van der Waals surface area (Å²) in [5, 5.41) is 10.6. The molecule has 0 heterocycles. The molecule has 2 N–H and O–H groups in total. The fourth-order valence-electron chi connectivity index (χ4n) is 2.29. The number of benzene rings is 2. The number of nitrogens with one attached hydrogen (secondary N) is 2. The Balaban J connectivity index is 1.73. The second kappa shape index (κ2) is 11.9. The Bertz CT molecular complexity index is 945. The number of amides is 2. The summed E-state index contributed by atoms with van der Waals surface area (Å²) in [6.45, 7) is 3.30. The maximum Gasteiger partial charge on any atom is 0.338 e. The Hall–Kier alpha value is -4.15. The Morgan fingerprint density at radius 3 is 2.22 bits per heavy atom. The average Bonchev–Trinajstić information content (AvgIpc) is 2.80. The SMILES string of the molecule is CCCOC(=O)c1ccc(OCC(=O)NNC(=O)C(C)Oc2ccc([N+](=O)[O-])cc2)cc1. The molecular formula is C21H23N3O8. The molecule has 1 unspecified atom stereocenters. The van der Waals surface area contributed by atoms with Crippen molar-refractivity contribution in [1.29, 1.82) is 0 Å². The number of hydrogen-bond donors (Lipinski definition) is 2. The molecule has 0 fully saturated rings. The minimum atomic E-state index is -0.974. The summed E-state index contributed by atoms with van der Waals surface area (Å²) in [5.41, 5.74) is 4.65. The zero-order chi connectivity index (χ0) is 23.5. The molecule has 170 valence electrons. The van der Waals surface area contributed by atoms with Crippen molar-refractivity contribution in [3.05, 3.63) is 64.2 Å². The molecule has 0 radical (unpaired) electrons. The Morgan fingerprint density at radius 2 is 1.62 bits per heavy atom. The van der Waals surface area contributed by atoms with Gasteiger partial charge in [-0.15, -0.1) is 0 Å². The smallest absolute Gasteiger partial charge is 0.338 e. The Labute approximate surface area is 183 Å². The van der Waals surface area contributed by atoms with Gasteiger partial charge in [-0.2, -0.15) is 0 Å². The molecule has 0 aromatic heterocycles. The number of nitrogens with zero attached hydrogens (tertiary/aromatic N) is 1. The van der Waals surface area contributed by atoms with E-state index >= 15 is 0 Å². The highest BCUT2D eigenvalue weighted by atomic mass is 16.6. The third-order valence-electron chi connectivity index (χ3n) is 3.95. The van der Waals surface area contributed by atoms with E-state index in [1.807, 2.05) is 6.92 Å². The largest absolute Gasteiger partial charge is 0.484 e. The van der Waals surface area contributed by atoms with Gasteiger partial charge in [0.2, 0.25) is 0 Å².